The summed E-state index contributed by atoms with van der Waals surface area (Å²) >= 11 is 0. The predicted octanol–water partition coefficient (Wildman–Crippen LogP) is 1.65. The van der Waals surface area contributed by atoms with E-state index in [1.807, 2.05) is 12.1 Å². The zero-order valence-corrected chi connectivity index (χ0v) is 21.3. The van der Waals surface area contributed by atoms with Crippen molar-refractivity contribution >= 4 is 26.5 Å². The first-order chi connectivity index (χ1) is 17.1. The SMILES string of the molecule is C[C@@](CCn1cnc2cc(-c3ccc(CN4CCOCC4)cc3)ccc2c1=O)(C(=O)CO)S(C)(=O)=O. The van der Waals surface area contributed by atoms with Gasteiger partial charge in [0.25, 0.3) is 5.56 Å². The number of aliphatic hydroxyl groups excluding tert-OH is 1. The molecule has 192 valence electrons. The fraction of sp³-hybridized carbons (Fsp3) is 0.423. The van der Waals surface area contributed by atoms with E-state index >= 15 is 0 Å². The van der Waals surface area contributed by atoms with E-state index in [1.54, 1.807) is 6.07 Å². The molecule has 1 fully saturated rings. The topological polar surface area (TPSA) is 119 Å². The van der Waals surface area contributed by atoms with Crippen LogP contribution in [0.2, 0.25) is 0 Å². The van der Waals surface area contributed by atoms with Gasteiger partial charge in [-0.1, -0.05) is 30.3 Å². The smallest absolute Gasteiger partial charge is 0.261 e. The number of ketones is 1. The second-order valence-electron chi connectivity index (χ2n) is 9.39. The molecule has 3 aromatic rings. The normalized spacial score (nSPS) is 16.6. The first-order valence-corrected chi connectivity index (χ1v) is 13.7. The van der Waals surface area contributed by atoms with Crippen LogP contribution in [0.4, 0.5) is 0 Å². The predicted molar refractivity (Wildman–Crippen MR) is 137 cm³/mol. The lowest BCUT2D eigenvalue weighted by Gasteiger charge is -2.26. The van der Waals surface area contributed by atoms with Crippen LogP contribution in [0.3, 0.4) is 0 Å². The number of carbonyl (C=O) groups is 1. The second kappa shape index (κ2) is 10.6. The Morgan fingerprint density at radius 1 is 1.11 bits per heavy atom. The Bertz CT molecular complexity index is 1410. The van der Waals surface area contributed by atoms with E-state index in [1.165, 1.54) is 23.4 Å². The molecule has 1 aliphatic rings. The first-order valence-electron chi connectivity index (χ1n) is 11.8. The summed E-state index contributed by atoms with van der Waals surface area (Å²) in [6.07, 6.45) is 2.18. The number of hydrogen-bond acceptors (Lipinski definition) is 8. The minimum atomic E-state index is -3.80. The summed E-state index contributed by atoms with van der Waals surface area (Å²) in [5, 5.41) is 9.64. The van der Waals surface area contributed by atoms with Gasteiger partial charge in [0.15, 0.2) is 15.6 Å². The number of carbonyl (C=O) groups excluding carboxylic acids is 1. The number of Topliss-reactive ketones (excluding diaryl/α,β-unsaturated/α-hetero) is 1. The molecule has 0 unspecified atom stereocenters. The van der Waals surface area contributed by atoms with Crippen molar-refractivity contribution < 1.29 is 23.1 Å². The summed E-state index contributed by atoms with van der Waals surface area (Å²) in [6, 6.07) is 13.8. The fourth-order valence-corrected chi connectivity index (χ4v) is 5.29. The van der Waals surface area contributed by atoms with Crippen molar-refractivity contribution in [2.24, 2.45) is 0 Å². The molecule has 4 rings (SSSR count). The molecule has 1 aromatic heterocycles. The van der Waals surface area contributed by atoms with E-state index in [2.05, 4.69) is 34.1 Å². The number of hydrogen-bond donors (Lipinski definition) is 1. The summed E-state index contributed by atoms with van der Waals surface area (Å²) in [4.78, 5) is 32.0. The van der Waals surface area contributed by atoms with Crippen LogP contribution in [-0.4, -0.2) is 77.7 Å². The van der Waals surface area contributed by atoms with Crippen molar-refractivity contribution in [1.29, 1.82) is 0 Å². The van der Waals surface area contributed by atoms with Crippen molar-refractivity contribution in [2.75, 3.05) is 39.2 Å². The summed E-state index contributed by atoms with van der Waals surface area (Å²) in [5.41, 5.74) is 3.38. The number of fused-ring (bicyclic) bond motifs is 1. The molecule has 0 amide bonds. The fourth-order valence-electron chi connectivity index (χ4n) is 4.35. The summed E-state index contributed by atoms with van der Waals surface area (Å²) < 4.78 is 29.4. The van der Waals surface area contributed by atoms with Gasteiger partial charge in [-0.15, -0.1) is 0 Å². The molecule has 2 heterocycles. The Morgan fingerprint density at radius 3 is 2.42 bits per heavy atom. The molecular weight excluding hydrogens is 482 g/mol. The molecule has 0 bridgehead atoms. The van der Waals surface area contributed by atoms with E-state index in [0.29, 0.717) is 10.9 Å². The van der Waals surface area contributed by atoms with Crippen LogP contribution in [0.15, 0.2) is 53.6 Å². The van der Waals surface area contributed by atoms with Crippen LogP contribution in [0.1, 0.15) is 18.9 Å². The zero-order chi connectivity index (χ0) is 25.9. The van der Waals surface area contributed by atoms with Crippen LogP contribution in [0.5, 0.6) is 0 Å². The molecule has 1 atom stereocenters. The number of aromatic nitrogens is 2. The Hall–Kier alpha value is -2.92. The number of morpholine rings is 1. The minimum absolute atomic E-state index is 0.0244. The molecule has 0 aliphatic carbocycles. The average Bonchev–Trinajstić information content (AvgIpc) is 2.88. The van der Waals surface area contributed by atoms with E-state index in [0.717, 1.165) is 50.2 Å². The third-order valence-electron chi connectivity index (χ3n) is 7.00. The van der Waals surface area contributed by atoms with Crippen LogP contribution < -0.4 is 5.56 Å². The summed E-state index contributed by atoms with van der Waals surface area (Å²) in [6.45, 7) is 4.64. The highest BCUT2D eigenvalue weighted by Crippen LogP contribution is 2.25. The van der Waals surface area contributed by atoms with Crippen LogP contribution in [0, 0.1) is 0 Å². The van der Waals surface area contributed by atoms with Gasteiger partial charge < -0.3 is 9.84 Å². The van der Waals surface area contributed by atoms with E-state index in [4.69, 9.17) is 4.74 Å². The lowest BCUT2D eigenvalue weighted by molar-refractivity contribution is -0.124. The zero-order valence-electron chi connectivity index (χ0n) is 20.5. The summed E-state index contributed by atoms with van der Waals surface area (Å²) in [7, 11) is -3.80. The molecule has 0 saturated carbocycles. The standard InChI is InChI=1S/C26H31N3O6S/c1-26(24(31)17-30,36(2,33)34)9-10-29-18-27-23-15-21(7-8-22(23)25(29)32)20-5-3-19(4-6-20)16-28-11-13-35-14-12-28/h3-8,15,18,30H,9-14,16-17H2,1-2H3/t26-/m1/s1. The van der Waals surface area contributed by atoms with Gasteiger partial charge in [-0.25, -0.2) is 13.4 Å². The van der Waals surface area contributed by atoms with Crippen LogP contribution >= 0.6 is 0 Å². The molecule has 9 nitrogen and oxygen atoms in total. The number of benzene rings is 2. The highest BCUT2D eigenvalue weighted by atomic mass is 32.2. The monoisotopic (exact) mass is 513 g/mol. The van der Waals surface area contributed by atoms with Crippen LogP contribution in [0.25, 0.3) is 22.0 Å². The molecular formula is C26H31N3O6S. The molecule has 1 aliphatic heterocycles. The third-order valence-corrected chi connectivity index (χ3v) is 9.07. The molecule has 1 N–H and O–H groups in total. The molecule has 2 aromatic carbocycles. The highest BCUT2D eigenvalue weighted by molar-refractivity contribution is 7.92. The molecule has 0 spiro atoms. The number of aryl methyl sites for hydroxylation is 1. The maximum absolute atomic E-state index is 13.0. The van der Waals surface area contributed by atoms with E-state index in [-0.39, 0.29) is 18.5 Å². The Kier molecular flexibility index (Phi) is 7.70. The van der Waals surface area contributed by atoms with Crippen LogP contribution in [-0.2, 0) is 32.5 Å². The Labute approximate surface area is 210 Å². The van der Waals surface area contributed by atoms with Gasteiger partial charge in [0.2, 0.25) is 0 Å². The maximum Gasteiger partial charge on any atom is 0.261 e. The molecule has 10 heteroatoms. The van der Waals surface area contributed by atoms with Gasteiger partial charge >= 0.3 is 0 Å². The quantitative estimate of drug-likeness (QED) is 0.459. The van der Waals surface area contributed by atoms with Gasteiger partial charge in [-0.3, -0.25) is 19.1 Å². The Morgan fingerprint density at radius 2 is 1.78 bits per heavy atom. The number of aliphatic hydroxyl groups is 1. The van der Waals surface area contributed by atoms with E-state index in [9.17, 15) is 23.1 Å². The van der Waals surface area contributed by atoms with Crippen molar-refractivity contribution in [3.63, 3.8) is 0 Å². The van der Waals surface area contributed by atoms with Crippen molar-refractivity contribution in [3.8, 4) is 11.1 Å². The van der Waals surface area contributed by atoms with Gasteiger partial charge in [0.1, 0.15) is 11.4 Å². The number of ether oxygens (including phenoxy) is 1. The minimum Gasteiger partial charge on any atom is -0.389 e. The van der Waals surface area contributed by atoms with Gasteiger partial charge in [-0.2, -0.15) is 0 Å². The van der Waals surface area contributed by atoms with Gasteiger partial charge in [0.05, 0.1) is 30.4 Å². The van der Waals surface area contributed by atoms with Gasteiger partial charge in [0, 0.05) is 32.4 Å². The average molecular weight is 514 g/mol. The maximum atomic E-state index is 13.0. The largest absolute Gasteiger partial charge is 0.389 e. The third kappa shape index (κ3) is 5.41. The number of sulfone groups is 1. The van der Waals surface area contributed by atoms with Crippen molar-refractivity contribution in [3.05, 3.63) is 64.7 Å². The summed E-state index contributed by atoms with van der Waals surface area (Å²) in [5.74, 6) is -0.799. The highest BCUT2D eigenvalue weighted by Gasteiger charge is 2.42. The lowest BCUT2D eigenvalue weighted by atomic mass is 10.0. The number of nitrogens with zero attached hydrogens (tertiary/aromatic N) is 3. The number of rotatable bonds is 9. The second-order valence-corrected chi connectivity index (χ2v) is 11.8. The Balaban J connectivity index is 1.53. The molecule has 0 radical (unpaired) electrons. The van der Waals surface area contributed by atoms with Crippen molar-refractivity contribution in [1.82, 2.24) is 14.5 Å². The molecule has 1 saturated heterocycles. The van der Waals surface area contributed by atoms with Gasteiger partial charge in [-0.05, 0) is 42.2 Å². The first kappa shape index (κ1) is 26.2. The lowest BCUT2D eigenvalue weighted by Crippen LogP contribution is -2.46. The van der Waals surface area contributed by atoms with E-state index < -0.39 is 27.0 Å². The van der Waals surface area contributed by atoms with Crippen molar-refractivity contribution in [2.45, 2.75) is 31.2 Å². The molecule has 36 heavy (non-hydrogen) atoms.